The third-order valence-electron chi connectivity index (χ3n) is 2.75. The Morgan fingerprint density at radius 2 is 2.07 bits per heavy atom. The van der Waals surface area contributed by atoms with Crippen LogP contribution in [0.3, 0.4) is 0 Å². The molecule has 1 atom stereocenters. The average Bonchev–Trinajstić information content (AvgIpc) is 2.23. The summed E-state index contributed by atoms with van der Waals surface area (Å²) in [5.74, 6) is -0.862. The molecule has 0 spiro atoms. The molecule has 0 bridgehead atoms. The number of rotatable bonds is 1. The molecule has 2 fully saturated rings. The van der Waals surface area contributed by atoms with Crippen LogP contribution in [0.5, 0.6) is 0 Å². The molecule has 14 heavy (non-hydrogen) atoms. The predicted octanol–water partition coefficient (Wildman–Crippen LogP) is -0.956. The molecule has 0 saturated carbocycles. The summed E-state index contributed by atoms with van der Waals surface area (Å²) in [6.07, 6.45) is 3.31. The topological polar surface area (TPSA) is 61.4 Å². The van der Waals surface area contributed by atoms with Crippen LogP contribution in [0, 0.1) is 0 Å². The lowest BCUT2D eigenvalue weighted by Gasteiger charge is -2.36. The summed E-state index contributed by atoms with van der Waals surface area (Å²) in [6, 6.07) is 0. The largest absolute Gasteiger partial charge is 0.346 e. The molecule has 78 valence electrons. The van der Waals surface area contributed by atoms with Gasteiger partial charge in [-0.25, -0.2) is 0 Å². The molecule has 2 N–H and O–H groups in total. The fourth-order valence-corrected chi connectivity index (χ4v) is 1.99. The standard InChI is InChI=1S/C9H15N3O2/c13-8-9(14)12(6-5-11-8)7-3-1-2-4-10-7/h7,10H,1-6H2,(H,11,13). The average molecular weight is 197 g/mol. The van der Waals surface area contributed by atoms with Crippen LogP contribution in [0.15, 0.2) is 0 Å². The van der Waals surface area contributed by atoms with Gasteiger partial charge in [0.15, 0.2) is 0 Å². The Morgan fingerprint density at radius 1 is 1.21 bits per heavy atom. The summed E-state index contributed by atoms with van der Waals surface area (Å²) in [6.45, 7) is 2.14. The van der Waals surface area contributed by atoms with E-state index in [1.807, 2.05) is 0 Å². The maximum Gasteiger partial charge on any atom is 0.313 e. The van der Waals surface area contributed by atoms with E-state index in [0.29, 0.717) is 13.1 Å². The molecule has 0 aromatic heterocycles. The van der Waals surface area contributed by atoms with Gasteiger partial charge in [-0.3, -0.25) is 14.9 Å². The molecule has 0 aliphatic carbocycles. The van der Waals surface area contributed by atoms with Crippen molar-refractivity contribution in [1.82, 2.24) is 15.5 Å². The monoisotopic (exact) mass is 197 g/mol. The van der Waals surface area contributed by atoms with Gasteiger partial charge in [0.05, 0.1) is 6.17 Å². The van der Waals surface area contributed by atoms with Crippen molar-refractivity contribution in [3.8, 4) is 0 Å². The van der Waals surface area contributed by atoms with Crippen LogP contribution in [0.2, 0.25) is 0 Å². The van der Waals surface area contributed by atoms with Gasteiger partial charge in [0.25, 0.3) is 0 Å². The second-order valence-electron chi connectivity index (χ2n) is 3.72. The van der Waals surface area contributed by atoms with Crippen molar-refractivity contribution in [2.75, 3.05) is 19.6 Å². The highest BCUT2D eigenvalue weighted by atomic mass is 16.2. The molecule has 0 aromatic carbocycles. The van der Waals surface area contributed by atoms with Gasteiger partial charge in [-0.15, -0.1) is 0 Å². The summed E-state index contributed by atoms with van der Waals surface area (Å²) in [7, 11) is 0. The van der Waals surface area contributed by atoms with Crippen molar-refractivity contribution in [1.29, 1.82) is 0 Å². The second-order valence-corrected chi connectivity index (χ2v) is 3.72. The summed E-state index contributed by atoms with van der Waals surface area (Å²) in [4.78, 5) is 24.3. The minimum Gasteiger partial charge on any atom is -0.346 e. The van der Waals surface area contributed by atoms with Crippen molar-refractivity contribution < 1.29 is 9.59 Å². The molecule has 5 nitrogen and oxygen atoms in total. The summed E-state index contributed by atoms with van der Waals surface area (Å²) in [5.41, 5.74) is 0. The van der Waals surface area contributed by atoms with Gasteiger partial charge in [-0.1, -0.05) is 0 Å². The number of carbonyl (C=O) groups is 2. The zero-order valence-electron chi connectivity index (χ0n) is 8.08. The molecule has 1 unspecified atom stereocenters. The van der Waals surface area contributed by atoms with Crippen LogP contribution < -0.4 is 10.6 Å². The summed E-state index contributed by atoms with van der Waals surface area (Å²) in [5, 5.41) is 5.81. The fourth-order valence-electron chi connectivity index (χ4n) is 1.99. The first-order valence-corrected chi connectivity index (χ1v) is 5.11. The number of nitrogens with zero attached hydrogens (tertiary/aromatic N) is 1. The van der Waals surface area contributed by atoms with E-state index in [1.54, 1.807) is 4.90 Å². The van der Waals surface area contributed by atoms with E-state index in [-0.39, 0.29) is 6.17 Å². The highest BCUT2D eigenvalue weighted by Crippen LogP contribution is 2.12. The Hall–Kier alpha value is -1.10. The molecule has 5 heteroatoms. The van der Waals surface area contributed by atoms with Gasteiger partial charge in [-0.05, 0) is 25.8 Å². The smallest absolute Gasteiger partial charge is 0.313 e. The minimum atomic E-state index is -0.469. The Morgan fingerprint density at radius 3 is 2.79 bits per heavy atom. The van der Waals surface area contributed by atoms with Crippen molar-refractivity contribution >= 4 is 11.8 Å². The third kappa shape index (κ3) is 1.72. The number of piperazine rings is 1. The Kier molecular flexibility index (Phi) is 2.67. The molecule has 2 aliphatic heterocycles. The van der Waals surface area contributed by atoms with E-state index in [1.165, 1.54) is 0 Å². The van der Waals surface area contributed by atoms with Crippen molar-refractivity contribution in [3.05, 3.63) is 0 Å². The molecular formula is C9H15N3O2. The van der Waals surface area contributed by atoms with Gasteiger partial charge >= 0.3 is 11.8 Å². The second kappa shape index (κ2) is 3.96. The lowest BCUT2D eigenvalue weighted by atomic mass is 10.1. The molecule has 2 saturated heterocycles. The van der Waals surface area contributed by atoms with Crippen LogP contribution in [0.4, 0.5) is 0 Å². The quantitative estimate of drug-likeness (QED) is 0.532. The van der Waals surface area contributed by atoms with Gasteiger partial charge < -0.3 is 10.2 Å². The molecule has 2 aliphatic rings. The first-order chi connectivity index (χ1) is 6.79. The molecule has 0 aromatic rings. The zero-order valence-corrected chi connectivity index (χ0v) is 8.08. The maximum absolute atomic E-state index is 11.5. The number of carbonyl (C=O) groups excluding carboxylic acids is 2. The first kappa shape index (κ1) is 9.45. The Bertz CT molecular complexity index is 248. The highest BCUT2D eigenvalue weighted by molar-refractivity contribution is 6.35. The Balaban J connectivity index is 2.00. The minimum absolute atomic E-state index is 0.0716. The van der Waals surface area contributed by atoms with E-state index in [9.17, 15) is 9.59 Å². The molecule has 2 rings (SSSR count). The number of hydrogen-bond acceptors (Lipinski definition) is 3. The SMILES string of the molecule is O=C1NCCN(C2CCCCN2)C1=O. The Labute approximate surface area is 82.8 Å². The van der Waals surface area contributed by atoms with Gasteiger partial charge in [-0.2, -0.15) is 0 Å². The first-order valence-electron chi connectivity index (χ1n) is 5.11. The van der Waals surface area contributed by atoms with Crippen LogP contribution >= 0.6 is 0 Å². The highest BCUT2D eigenvalue weighted by Gasteiger charge is 2.31. The van der Waals surface area contributed by atoms with E-state index in [0.717, 1.165) is 25.8 Å². The normalized spacial score (nSPS) is 28.9. The van der Waals surface area contributed by atoms with Crippen molar-refractivity contribution in [2.45, 2.75) is 25.4 Å². The number of amides is 2. The van der Waals surface area contributed by atoms with Crippen LogP contribution in [-0.4, -0.2) is 42.5 Å². The number of nitrogens with one attached hydrogen (secondary N) is 2. The van der Waals surface area contributed by atoms with E-state index in [2.05, 4.69) is 10.6 Å². The molecule has 0 radical (unpaired) electrons. The van der Waals surface area contributed by atoms with Crippen molar-refractivity contribution in [3.63, 3.8) is 0 Å². The molecule has 2 heterocycles. The number of hydrogen-bond donors (Lipinski definition) is 2. The van der Waals surface area contributed by atoms with Crippen LogP contribution in [0.25, 0.3) is 0 Å². The number of piperidine rings is 1. The third-order valence-corrected chi connectivity index (χ3v) is 2.75. The molecular weight excluding hydrogens is 182 g/mol. The molecule has 2 amide bonds. The summed E-state index contributed by atoms with van der Waals surface area (Å²) < 4.78 is 0. The van der Waals surface area contributed by atoms with Gasteiger partial charge in [0.2, 0.25) is 0 Å². The van der Waals surface area contributed by atoms with E-state index < -0.39 is 11.8 Å². The van der Waals surface area contributed by atoms with E-state index >= 15 is 0 Å². The van der Waals surface area contributed by atoms with E-state index in [4.69, 9.17) is 0 Å². The lowest BCUT2D eigenvalue weighted by molar-refractivity contribution is -0.150. The van der Waals surface area contributed by atoms with Crippen molar-refractivity contribution in [2.24, 2.45) is 0 Å². The van der Waals surface area contributed by atoms with Crippen LogP contribution in [-0.2, 0) is 9.59 Å². The van der Waals surface area contributed by atoms with Crippen LogP contribution in [0.1, 0.15) is 19.3 Å². The fraction of sp³-hybridized carbons (Fsp3) is 0.778. The van der Waals surface area contributed by atoms with Gasteiger partial charge in [0.1, 0.15) is 0 Å². The lowest BCUT2D eigenvalue weighted by Crippen LogP contribution is -2.60. The maximum atomic E-state index is 11.5. The van der Waals surface area contributed by atoms with Gasteiger partial charge in [0, 0.05) is 13.1 Å². The zero-order chi connectivity index (χ0) is 9.97. The summed E-state index contributed by atoms with van der Waals surface area (Å²) >= 11 is 0. The predicted molar refractivity (Wildman–Crippen MR) is 50.4 cm³/mol.